The molecule has 0 aliphatic heterocycles. The van der Waals surface area contributed by atoms with Crippen LogP contribution >= 0.6 is 0 Å². The highest BCUT2D eigenvalue weighted by molar-refractivity contribution is 5.90. The number of ether oxygens (including phenoxy) is 1. The van der Waals surface area contributed by atoms with Crippen LogP contribution in [0.3, 0.4) is 0 Å². The molecular weight excluding hydrogens is 288 g/mol. The fraction of sp³-hybridized carbons (Fsp3) is 0.579. The van der Waals surface area contributed by atoms with E-state index in [9.17, 15) is 4.79 Å². The van der Waals surface area contributed by atoms with E-state index in [1.54, 1.807) is 12.3 Å². The molecule has 0 aromatic carbocycles. The first-order valence-electron chi connectivity index (χ1n) is 8.76. The first kappa shape index (κ1) is 19.2. The number of nitrogens with zero attached hydrogens (tertiary/aromatic N) is 1. The van der Waals surface area contributed by atoms with Crippen LogP contribution in [0.4, 0.5) is 5.69 Å². The summed E-state index contributed by atoms with van der Waals surface area (Å²) in [5.74, 6) is 0.655. The summed E-state index contributed by atoms with van der Waals surface area (Å²) in [4.78, 5) is 16.0. The number of unbranched alkanes of at least 4 members (excludes halogenated alkanes) is 6. The fourth-order valence-electron chi connectivity index (χ4n) is 2.25. The van der Waals surface area contributed by atoms with Gasteiger partial charge in [0.2, 0.25) is 11.8 Å². The van der Waals surface area contributed by atoms with Crippen LogP contribution in [0.1, 0.15) is 64.7 Å². The van der Waals surface area contributed by atoms with Crippen LogP contribution in [0, 0.1) is 0 Å². The number of rotatable bonds is 13. The molecule has 1 N–H and O–H groups in total. The van der Waals surface area contributed by atoms with Crippen molar-refractivity contribution in [2.24, 2.45) is 0 Å². The van der Waals surface area contributed by atoms with Gasteiger partial charge < -0.3 is 10.1 Å². The van der Waals surface area contributed by atoms with E-state index in [-0.39, 0.29) is 5.91 Å². The monoisotopic (exact) mass is 318 g/mol. The molecule has 128 valence electrons. The van der Waals surface area contributed by atoms with Crippen LogP contribution in [-0.4, -0.2) is 17.5 Å². The fourth-order valence-corrected chi connectivity index (χ4v) is 2.25. The molecule has 0 aliphatic carbocycles. The third-order valence-corrected chi connectivity index (χ3v) is 3.54. The molecule has 0 bridgehead atoms. The largest absolute Gasteiger partial charge is 0.478 e. The number of allylic oxidation sites excluding steroid dienone is 1. The molecule has 1 amide bonds. The Morgan fingerprint density at radius 1 is 1.22 bits per heavy atom. The van der Waals surface area contributed by atoms with Gasteiger partial charge in [-0.15, -0.1) is 6.58 Å². The van der Waals surface area contributed by atoms with Gasteiger partial charge in [0.1, 0.15) is 0 Å². The molecule has 0 saturated heterocycles. The summed E-state index contributed by atoms with van der Waals surface area (Å²) in [5, 5.41) is 2.88. The molecule has 0 unspecified atom stereocenters. The maximum atomic E-state index is 11.9. The normalized spacial score (nSPS) is 10.3. The molecule has 1 aromatic rings. The smallest absolute Gasteiger partial charge is 0.224 e. The number of anilines is 1. The number of aromatic nitrogens is 1. The van der Waals surface area contributed by atoms with Gasteiger partial charge in [-0.2, -0.15) is 0 Å². The molecule has 0 aliphatic rings. The lowest BCUT2D eigenvalue weighted by Gasteiger charge is -2.07. The van der Waals surface area contributed by atoms with Gasteiger partial charge in [-0.05, 0) is 31.7 Å². The average Bonchev–Trinajstić information content (AvgIpc) is 2.56. The van der Waals surface area contributed by atoms with Crippen molar-refractivity contribution in [1.29, 1.82) is 0 Å². The quantitative estimate of drug-likeness (QED) is 0.406. The predicted octanol–water partition coefficient (Wildman–Crippen LogP) is 5.12. The van der Waals surface area contributed by atoms with Crippen molar-refractivity contribution in [2.75, 3.05) is 11.9 Å². The summed E-state index contributed by atoms with van der Waals surface area (Å²) in [7, 11) is 0. The Morgan fingerprint density at radius 3 is 2.61 bits per heavy atom. The first-order valence-corrected chi connectivity index (χ1v) is 8.76. The number of hydrogen-bond donors (Lipinski definition) is 1. The Labute approximate surface area is 140 Å². The van der Waals surface area contributed by atoms with E-state index in [0.29, 0.717) is 18.9 Å². The van der Waals surface area contributed by atoms with Crippen molar-refractivity contribution in [3.63, 3.8) is 0 Å². The molecule has 4 heteroatoms. The van der Waals surface area contributed by atoms with Gasteiger partial charge in [0.15, 0.2) is 0 Å². The number of carbonyl (C=O) groups excluding carboxylic acids is 1. The molecule has 4 nitrogen and oxygen atoms in total. The van der Waals surface area contributed by atoms with Crippen molar-refractivity contribution < 1.29 is 9.53 Å². The highest BCUT2D eigenvalue weighted by atomic mass is 16.5. The Bertz CT molecular complexity index is 443. The third kappa shape index (κ3) is 9.72. The predicted molar refractivity (Wildman–Crippen MR) is 95.8 cm³/mol. The van der Waals surface area contributed by atoms with Crippen LogP contribution in [0.25, 0.3) is 0 Å². The highest BCUT2D eigenvalue weighted by Gasteiger charge is 2.03. The molecule has 0 radical (unpaired) electrons. The lowest BCUT2D eigenvalue weighted by molar-refractivity contribution is -0.116. The van der Waals surface area contributed by atoms with Crippen LogP contribution < -0.4 is 10.1 Å². The van der Waals surface area contributed by atoms with E-state index in [1.807, 2.05) is 12.1 Å². The van der Waals surface area contributed by atoms with E-state index >= 15 is 0 Å². The maximum Gasteiger partial charge on any atom is 0.224 e. The second kappa shape index (κ2) is 12.7. The standard InChI is InChI=1S/C19H30N2O2/c1-3-5-6-7-8-9-10-11-12-18(22)21-17-13-14-19(20-16-17)23-15-4-2/h3,13-14,16H,1,4-12,15H2,2H3,(H,21,22). The van der Waals surface area contributed by atoms with Gasteiger partial charge >= 0.3 is 0 Å². The summed E-state index contributed by atoms with van der Waals surface area (Å²) in [6.45, 7) is 6.43. The average molecular weight is 318 g/mol. The summed E-state index contributed by atoms with van der Waals surface area (Å²) >= 11 is 0. The lowest BCUT2D eigenvalue weighted by Crippen LogP contribution is -2.11. The Kier molecular flexibility index (Phi) is 10.6. The van der Waals surface area contributed by atoms with Crippen molar-refractivity contribution >= 4 is 11.6 Å². The van der Waals surface area contributed by atoms with Crippen molar-refractivity contribution in [3.05, 3.63) is 31.0 Å². The number of pyridine rings is 1. The number of carbonyl (C=O) groups is 1. The minimum Gasteiger partial charge on any atom is -0.478 e. The summed E-state index contributed by atoms with van der Waals surface area (Å²) < 4.78 is 5.41. The first-order chi connectivity index (χ1) is 11.3. The van der Waals surface area contributed by atoms with Crippen LogP contribution in [0.15, 0.2) is 31.0 Å². The topological polar surface area (TPSA) is 51.2 Å². The van der Waals surface area contributed by atoms with Crippen molar-refractivity contribution in [2.45, 2.75) is 64.7 Å². The summed E-state index contributed by atoms with van der Waals surface area (Å²) in [6.07, 6.45) is 13.2. The number of nitrogens with one attached hydrogen (secondary N) is 1. The van der Waals surface area contributed by atoms with Gasteiger partial charge in [0, 0.05) is 12.5 Å². The van der Waals surface area contributed by atoms with E-state index in [1.165, 1.54) is 25.7 Å². The maximum absolute atomic E-state index is 11.9. The molecule has 1 heterocycles. The Morgan fingerprint density at radius 2 is 1.96 bits per heavy atom. The third-order valence-electron chi connectivity index (χ3n) is 3.54. The van der Waals surface area contributed by atoms with Crippen LogP contribution in [-0.2, 0) is 4.79 Å². The minimum absolute atomic E-state index is 0.0562. The van der Waals surface area contributed by atoms with Gasteiger partial charge in [0.05, 0.1) is 18.5 Å². The lowest BCUT2D eigenvalue weighted by atomic mass is 10.1. The molecule has 23 heavy (non-hydrogen) atoms. The second-order valence-electron chi connectivity index (χ2n) is 5.73. The molecular formula is C19H30N2O2. The highest BCUT2D eigenvalue weighted by Crippen LogP contribution is 2.13. The molecule has 0 atom stereocenters. The van der Waals surface area contributed by atoms with E-state index in [4.69, 9.17) is 4.74 Å². The zero-order chi connectivity index (χ0) is 16.8. The summed E-state index contributed by atoms with van der Waals surface area (Å²) in [5.41, 5.74) is 0.725. The molecule has 1 rings (SSSR count). The van der Waals surface area contributed by atoms with Crippen molar-refractivity contribution in [1.82, 2.24) is 4.98 Å². The van der Waals surface area contributed by atoms with E-state index in [0.717, 1.165) is 31.4 Å². The van der Waals surface area contributed by atoms with Gasteiger partial charge in [-0.25, -0.2) is 4.98 Å². The van der Waals surface area contributed by atoms with Gasteiger partial charge in [0.25, 0.3) is 0 Å². The molecule has 1 aromatic heterocycles. The van der Waals surface area contributed by atoms with E-state index < -0.39 is 0 Å². The second-order valence-corrected chi connectivity index (χ2v) is 5.73. The van der Waals surface area contributed by atoms with Crippen molar-refractivity contribution in [3.8, 4) is 5.88 Å². The molecule has 0 saturated carbocycles. The molecule has 0 fully saturated rings. The zero-order valence-electron chi connectivity index (χ0n) is 14.4. The van der Waals surface area contributed by atoms with E-state index in [2.05, 4.69) is 23.8 Å². The Hall–Kier alpha value is -1.84. The van der Waals surface area contributed by atoms with Gasteiger partial charge in [-0.3, -0.25) is 4.79 Å². The number of hydrogen-bond acceptors (Lipinski definition) is 3. The van der Waals surface area contributed by atoms with Gasteiger partial charge in [-0.1, -0.05) is 38.7 Å². The SMILES string of the molecule is C=CCCCCCCCCC(=O)Nc1ccc(OCCC)nc1. The van der Waals surface area contributed by atoms with Crippen LogP contribution in [0.5, 0.6) is 5.88 Å². The Balaban J connectivity index is 2.10. The molecule has 0 spiro atoms. The minimum atomic E-state index is 0.0562. The number of amides is 1. The summed E-state index contributed by atoms with van der Waals surface area (Å²) in [6, 6.07) is 3.62. The zero-order valence-corrected chi connectivity index (χ0v) is 14.4. The van der Waals surface area contributed by atoms with Crippen LogP contribution in [0.2, 0.25) is 0 Å².